The van der Waals surface area contributed by atoms with E-state index >= 15 is 0 Å². The van der Waals surface area contributed by atoms with Gasteiger partial charge in [0.1, 0.15) is 6.10 Å². The average molecular weight is 324 g/mol. The summed E-state index contributed by atoms with van der Waals surface area (Å²) < 4.78 is 0. The van der Waals surface area contributed by atoms with Crippen LogP contribution in [0.4, 0.5) is 4.79 Å². The van der Waals surface area contributed by atoms with Gasteiger partial charge in [-0.05, 0) is 25.7 Å². The van der Waals surface area contributed by atoms with Crippen molar-refractivity contribution < 1.29 is 24.6 Å². The fourth-order valence-corrected chi connectivity index (χ4v) is 3.69. The molecule has 2 fully saturated rings. The number of likely N-dealkylation sites (tertiary alicyclic amines) is 2. The number of nitrogens with one attached hydrogen (secondary N) is 1. The highest BCUT2D eigenvalue weighted by Gasteiger charge is 2.61. The summed E-state index contributed by atoms with van der Waals surface area (Å²) in [5.74, 6) is -0.497. The van der Waals surface area contributed by atoms with Crippen molar-refractivity contribution in [1.29, 1.82) is 0 Å². The van der Waals surface area contributed by atoms with Crippen LogP contribution in [0.3, 0.4) is 0 Å². The first kappa shape index (κ1) is 15.7. The van der Waals surface area contributed by atoms with E-state index in [4.69, 9.17) is 0 Å². The summed E-state index contributed by atoms with van der Waals surface area (Å²) in [6.45, 7) is 2.50. The van der Waals surface area contributed by atoms with Crippen LogP contribution in [-0.4, -0.2) is 81.6 Å². The van der Waals surface area contributed by atoms with E-state index in [-0.39, 0.29) is 24.3 Å². The Balaban J connectivity index is 1.68. The van der Waals surface area contributed by atoms with Gasteiger partial charge in [-0.25, -0.2) is 4.79 Å². The molecule has 3 rings (SSSR count). The van der Waals surface area contributed by atoms with Gasteiger partial charge in [0.15, 0.2) is 5.54 Å². The van der Waals surface area contributed by atoms with Crippen molar-refractivity contribution in [3.63, 3.8) is 0 Å². The Morgan fingerprint density at radius 1 is 1.57 bits per heavy atom. The largest absolute Gasteiger partial charge is 0.465 e. The Bertz CT molecular complexity index is 578. The number of hydrogen-bond donors (Lipinski definition) is 3. The molecule has 0 bridgehead atoms. The van der Waals surface area contributed by atoms with Crippen molar-refractivity contribution >= 4 is 24.2 Å². The minimum absolute atomic E-state index is 0.0678. The van der Waals surface area contributed by atoms with Crippen LogP contribution in [-0.2, 0) is 9.59 Å². The lowest BCUT2D eigenvalue weighted by Gasteiger charge is -2.51. The summed E-state index contributed by atoms with van der Waals surface area (Å²) >= 11 is 0. The highest BCUT2D eigenvalue weighted by molar-refractivity contribution is 6.02. The van der Waals surface area contributed by atoms with Crippen molar-refractivity contribution in [1.82, 2.24) is 15.1 Å². The fourth-order valence-electron chi connectivity index (χ4n) is 3.69. The maximum Gasteiger partial charge on any atom is 0.407 e. The third kappa shape index (κ3) is 2.44. The number of aliphatic hydroxyl groups excluding tert-OH is 1. The first-order valence-electron chi connectivity index (χ1n) is 7.66. The van der Waals surface area contributed by atoms with E-state index in [1.807, 2.05) is 0 Å². The predicted molar refractivity (Wildman–Crippen MR) is 78.9 cm³/mol. The third-order valence-electron chi connectivity index (χ3n) is 4.98. The van der Waals surface area contributed by atoms with Crippen LogP contribution in [0.25, 0.3) is 0 Å². The van der Waals surface area contributed by atoms with Gasteiger partial charge in [0.2, 0.25) is 0 Å². The lowest BCUT2D eigenvalue weighted by atomic mass is 9.75. The van der Waals surface area contributed by atoms with E-state index in [1.165, 1.54) is 18.2 Å². The van der Waals surface area contributed by atoms with Gasteiger partial charge >= 0.3 is 6.09 Å². The molecular formula is C14H20N4O5. The number of carbonyl (C=O) groups is 3. The molecule has 9 nitrogen and oxygen atoms in total. The molecule has 0 saturated carbocycles. The van der Waals surface area contributed by atoms with E-state index in [0.717, 1.165) is 6.42 Å². The Kier molecular flexibility index (Phi) is 3.75. The number of carbonyl (C=O) groups excluding carboxylic acids is 2. The number of carboxylic acid groups (broad SMARTS) is 1. The predicted octanol–water partition coefficient (Wildman–Crippen LogP) is -1.14. The zero-order valence-electron chi connectivity index (χ0n) is 12.8. The minimum Gasteiger partial charge on any atom is -0.465 e. The summed E-state index contributed by atoms with van der Waals surface area (Å²) in [7, 11) is 0. The quantitative estimate of drug-likeness (QED) is 0.606. The van der Waals surface area contributed by atoms with Crippen molar-refractivity contribution in [2.45, 2.75) is 37.5 Å². The van der Waals surface area contributed by atoms with Gasteiger partial charge in [-0.3, -0.25) is 19.5 Å². The van der Waals surface area contributed by atoms with Crippen LogP contribution in [0.15, 0.2) is 4.99 Å². The summed E-state index contributed by atoms with van der Waals surface area (Å²) in [5.41, 5.74) is -1.01. The molecule has 23 heavy (non-hydrogen) atoms. The van der Waals surface area contributed by atoms with E-state index in [2.05, 4.69) is 10.3 Å². The fraction of sp³-hybridized carbons (Fsp3) is 0.714. The molecule has 3 amide bonds. The molecule has 3 aliphatic rings. The average Bonchev–Trinajstić information content (AvgIpc) is 3.09. The number of aliphatic hydroxyl groups is 1. The van der Waals surface area contributed by atoms with Gasteiger partial charge in [0.25, 0.3) is 11.8 Å². The second kappa shape index (κ2) is 5.48. The van der Waals surface area contributed by atoms with Gasteiger partial charge in [0, 0.05) is 13.1 Å². The highest BCUT2D eigenvalue weighted by atomic mass is 16.4. The van der Waals surface area contributed by atoms with E-state index in [9.17, 15) is 24.6 Å². The second-order valence-electron chi connectivity index (χ2n) is 6.43. The molecule has 0 aliphatic carbocycles. The monoisotopic (exact) mass is 324 g/mol. The summed E-state index contributed by atoms with van der Waals surface area (Å²) in [6.07, 6.45) is 0.423. The molecule has 0 radical (unpaired) electrons. The molecule has 0 aromatic rings. The minimum atomic E-state index is -1.06. The van der Waals surface area contributed by atoms with Crippen molar-refractivity contribution in [2.24, 2.45) is 10.9 Å². The maximum atomic E-state index is 12.0. The van der Waals surface area contributed by atoms with Crippen LogP contribution in [0.1, 0.15) is 19.8 Å². The lowest BCUT2D eigenvalue weighted by molar-refractivity contribution is -0.138. The molecule has 3 N–H and O–H groups in total. The molecule has 4 atom stereocenters. The van der Waals surface area contributed by atoms with Gasteiger partial charge in [0.05, 0.1) is 18.9 Å². The van der Waals surface area contributed by atoms with Crippen LogP contribution < -0.4 is 5.32 Å². The first-order chi connectivity index (χ1) is 10.8. The Hall–Kier alpha value is -2.16. The molecule has 9 heteroatoms. The Morgan fingerprint density at radius 3 is 2.87 bits per heavy atom. The van der Waals surface area contributed by atoms with Gasteiger partial charge in [-0.15, -0.1) is 0 Å². The standard InChI is InChI=1S/C14H20N4O5/c1-8(19)11(20)17-3-2-9(5-17)4-10-14(6-18(10)13(22)23)12(21)15-7-16-14/h7-10,19H,2-6H2,1H3,(H,22,23)(H,15,16,21)/t8?,9-,10?,14?/m1/s1. The molecule has 2 saturated heterocycles. The molecule has 3 heterocycles. The van der Waals surface area contributed by atoms with Crippen LogP contribution >= 0.6 is 0 Å². The van der Waals surface area contributed by atoms with Gasteiger partial charge in [-0.1, -0.05) is 0 Å². The van der Waals surface area contributed by atoms with E-state index in [0.29, 0.717) is 19.5 Å². The highest BCUT2D eigenvalue weighted by Crippen LogP contribution is 2.40. The van der Waals surface area contributed by atoms with Gasteiger partial charge in [-0.2, -0.15) is 0 Å². The summed E-state index contributed by atoms with van der Waals surface area (Å²) in [5, 5.41) is 21.2. The number of rotatable bonds is 3. The van der Waals surface area contributed by atoms with Crippen molar-refractivity contribution in [2.75, 3.05) is 19.6 Å². The Morgan fingerprint density at radius 2 is 2.30 bits per heavy atom. The topological polar surface area (TPSA) is 123 Å². The second-order valence-corrected chi connectivity index (χ2v) is 6.43. The molecular weight excluding hydrogens is 304 g/mol. The number of aliphatic imine (C=N–C) groups is 1. The molecule has 3 unspecified atom stereocenters. The maximum absolute atomic E-state index is 12.0. The van der Waals surface area contributed by atoms with E-state index in [1.54, 1.807) is 4.90 Å². The third-order valence-corrected chi connectivity index (χ3v) is 4.98. The molecule has 1 spiro atoms. The molecule has 3 aliphatic heterocycles. The normalized spacial score (nSPS) is 33.7. The lowest BCUT2D eigenvalue weighted by Crippen LogP contribution is -2.73. The van der Waals surface area contributed by atoms with E-state index < -0.39 is 23.8 Å². The zero-order chi connectivity index (χ0) is 16.8. The molecule has 0 aromatic carbocycles. The SMILES string of the molecule is CC(O)C(=O)N1CC[C@H](CC2N(C(=O)O)CC23N=CNC3=O)C1. The van der Waals surface area contributed by atoms with Crippen molar-refractivity contribution in [3.05, 3.63) is 0 Å². The summed E-state index contributed by atoms with van der Waals surface area (Å²) in [6, 6.07) is -0.509. The first-order valence-corrected chi connectivity index (χ1v) is 7.66. The Labute approximate surface area is 133 Å². The molecule has 0 aromatic heterocycles. The molecule has 126 valence electrons. The summed E-state index contributed by atoms with van der Waals surface area (Å²) in [4.78, 5) is 42.2. The number of amides is 3. The van der Waals surface area contributed by atoms with Crippen molar-refractivity contribution in [3.8, 4) is 0 Å². The van der Waals surface area contributed by atoms with Crippen LogP contribution in [0.5, 0.6) is 0 Å². The zero-order valence-corrected chi connectivity index (χ0v) is 12.8. The van der Waals surface area contributed by atoms with Crippen LogP contribution in [0.2, 0.25) is 0 Å². The number of hydrogen-bond acceptors (Lipinski definition) is 5. The van der Waals surface area contributed by atoms with Crippen LogP contribution in [0, 0.1) is 5.92 Å². The number of nitrogens with zero attached hydrogens (tertiary/aromatic N) is 3. The van der Waals surface area contributed by atoms with Gasteiger partial charge < -0.3 is 20.4 Å². The smallest absolute Gasteiger partial charge is 0.407 e.